The van der Waals surface area contributed by atoms with Gasteiger partial charge in [-0.3, -0.25) is 4.68 Å². The van der Waals surface area contributed by atoms with Gasteiger partial charge in [0.15, 0.2) is 0 Å². The van der Waals surface area contributed by atoms with E-state index in [1.165, 1.54) is 21.9 Å². The Morgan fingerprint density at radius 2 is 1.85 bits per heavy atom. The molecule has 0 spiro atoms. The number of hydrogen-bond donors (Lipinski definition) is 1. The van der Waals surface area contributed by atoms with Crippen LogP contribution in [0.5, 0.6) is 0 Å². The van der Waals surface area contributed by atoms with Gasteiger partial charge in [-0.15, -0.1) is 0 Å². The van der Waals surface area contributed by atoms with E-state index in [1.807, 2.05) is 29.5 Å². The molecule has 0 amide bonds. The van der Waals surface area contributed by atoms with Crippen molar-refractivity contribution < 1.29 is 0 Å². The second-order valence-corrected chi connectivity index (χ2v) is 7.11. The van der Waals surface area contributed by atoms with Gasteiger partial charge in [-0.1, -0.05) is 36.4 Å². The van der Waals surface area contributed by atoms with E-state index < -0.39 is 0 Å². The average molecular weight is 359 g/mol. The molecule has 2 aromatic carbocycles. The fourth-order valence-electron chi connectivity index (χ4n) is 3.68. The lowest BCUT2D eigenvalue weighted by Crippen LogP contribution is -2.19. The van der Waals surface area contributed by atoms with Crippen LogP contribution < -0.4 is 5.32 Å². The topological polar surface area (TPSA) is 47.7 Å². The summed E-state index contributed by atoms with van der Waals surface area (Å²) in [4.78, 5) is 0. The van der Waals surface area contributed by atoms with Crippen LogP contribution in [0.3, 0.4) is 0 Å². The van der Waals surface area contributed by atoms with Gasteiger partial charge in [-0.2, -0.15) is 10.2 Å². The van der Waals surface area contributed by atoms with Gasteiger partial charge < -0.3 is 5.32 Å². The third-order valence-electron chi connectivity index (χ3n) is 5.22. The molecule has 0 bridgehead atoms. The molecule has 1 N–H and O–H groups in total. The molecular weight excluding hydrogens is 334 g/mol. The van der Waals surface area contributed by atoms with Gasteiger partial charge in [-0.05, 0) is 32.2 Å². The van der Waals surface area contributed by atoms with E-state index >= 15 is 0 Å². The first-order valence-corrected chi connectivity index (χ1v) is 9.29. The molecule has 27 heavy (non-hydrogen) atoms. The van der Waals surface area contributed by atoms with E-state index in [9.17, 15) is 0 Å². The smallest absolute Gasteiger partial charge is 0.0727 e. The number of nitrogens with one attached hydrogen (secondary N) is 1. The van der Waals surface area contributed by atoms with Crippen LogP contribution in [-0.4, -0.2) is 19.6 Å². The lowest BCUT2D eigenvalue weighted by Gasteiger charge is -2.14. The Labute approximate surface area is 159 Å². The molecule has 2 aromatic heterocycles. The van der Waals surface area contributed by atoms with Crippen LogP contribution in [0.2, 0.25) is 0 Å². The van der Waals surface area contributed by atoms with E-state index in [1.54, 1.807) is 0 Å². The summed E-state index contributed by atoms with van der Waals surface area (Å²) < 4.78 is 3.91. The molecule has 0 radical (unpaired) electrons. The van der Waals surface area contributed by atoms with Crippen LogP contribution in [0.25, 0.3) is 16.5 Å². The Kier molecular flexibility index (Phi) is 4.54. The fourth-order valence-corrected chi connectivity index (χ4v) is 3.68. The number of fused-ring (bicyclic) bond motifs is 1. The molecule has 4 aromatic rings. The van der Waals surface area contributed by atoms with Crippen LogP contribution in [0, 0.1) is 13.8 Å². The summed E-state index contributed by atoms with van der Waals surface area (Å²) in [7, 11) is 1.96. The molecule has 4 rings (SSSR count). The summed E-state index contributed by atoms with van der Waals surface area (Å²) in [5.74, 6) is 0. The maximum absolute atomic E-state index is 4.69. The minimum atomic E-state index is 0.202. The predicted molar refractivity (Wildman–Crippen MR) is 109 cm³/mol. The van der Waals surface area contributed by atoms with Crippen molar-refractivity contribution in [3.63, 3.8) is 0 Å². The zero-order valence-electron chi connectivity index (χ0n) is 16.3. The van der Waals surface area contributed by atoms with Crippen molar-refractivity contribution in [3.8, 4) is 5.69 Å². The van der Waals surface area contributed by atoms with Gasteiger partial charge in [0.05, 0.1) is 17.6 Å². The third-order valence-corrected chi connectivity index (χ3v) is 5.22. The van der Waals surface area contributed by atoms with Crippen LogP contribution in [0.1, 0.15) is 35.5 Å². The lowest BCUT2D eigenvalue weighted by molar-refractivity contribution is 0.570. The van der Waals surface area contributed by atoms with E-state index in [-0.39, 0.29) is 6.04 Å². The summed E-state index contributed by atoms with van der Waals surface area (Å²) in [6.07, 6.45) is 4.05. The number of rotatable bonds is 5. The standard InChI is InChI=1S/C22H25N5/c1-15-19(14-26(4)25-15)12-23-16(2)21-13-24-27(17(21)3)22-11-7-9-18-8-5-6-10-20(18)22/h5-11,13-14,16,23H,12H2,1-4H3. The van der Waals surface area contributed by atoms with Crippen molar-refractivity contribution in [3.05, 3.63) is 77.4 Å². The zero-order chi connectivity index (χ0) is 19.0. The van der Waals surface area contributed by atoms with Gasteiger partial charge >= 0.3 is 0 Å². The third kappa shape index (κ3) is 3.26. The first kappa shape index (κ1) is 17.5. The monoisotopic (exact) mass is 359 g/mol. The van der Waals surface area contributed by atoms with Gasteiger partial charge in [0.2, 0.25) is 0 Å². The summed E-state index contributed by atoms with van der Waals surface area (Å²) in [6.45, 7) is 7.16. The molecule has 138 valence electrons. The molecule has 1 unspecified atom stereocenters. The maximum atomic E-state index is 4.69. The Morgan fingerprint density at radius 3 is 2.63 bits per heavy atom. The molecule has 2 heterocycles. The summed E-state index contributed by atoms with van der Waals surface area (Å²) in [5, 5.41) is 15.2. The van der Waals surface area contributed by atoms with Crippen molar-refractivity contribution in [1.82, 2.24) is 24.9 Å². The molecule has 0 aliphatic rings. The molecule has 0 aliphatic carbocycles. The van der Waals surface area contributed by atoms with E-state index in [2.05, 4.69) is 72.9 Å². The van der Waals surface area contributed by atoms with E-state index in [4.69, 9.17) is 5.10 Å². The summed E-state index contributed by atoms with van der Waals surface area (Å²) >= 11 is 0. The minimum Gasteiger partial charge on any atom is -0.306 e. The van der Waals surface area contributed by atoms with E-state index in [0.29, 0.717) is 0 Å². The van der Waals surface area contributed by atoms with Crippen LogP contribution >= 0.6 is 0 Å². The molecule has 0 aliphatic heterocycles. The van der Waals surface area contributed by atoms with Crippen molar-refractivity contribution in [2.24, 2.45) is 7.05 Å². The SMILES string of the molecule is Cc1nn(C)cc1CNC(C)c1cnn(-c2cccc3ccccc23)c1C. The molecular formula is C22H25N5. The number of hydrogen-bond acceptors (Lipinski definition) is 3. The number of benzene rings is 2. The second kappa shape index (κ2) is 7.00. The highest BCUT2D eigenvalue weighted by Crippen LogP contribution is 2.26. The van der Waals surface area contributed by atoms with E-state index in [0.717, 1.165) is 23.6 Å². The van der Waals surface area contributed by atoms with Crippen LogP contribution in [0.15, 0.2) is 54.9 Å². The largest absolute Gasteiger partial charge is 0.306 e. The number of aromatic nitrogens is 4. The highest BCUT2D eigenvalue weighted by Gasteiger charge is 2.16. The second-order valence-electron chi connectivity index (χ2n) is 7.11. The minimum absolute atomic E-state index is 0.202. The first-order valence-electron chi connectivity index (χ1n) is 9.29. The zero-order valence-corrected chi connectivity index (χ0v) is 16.3. The number of aryl methyl sites for hydroxylation is 2. The molecule has 0 saturated heterocycles. The fraction of sp³-hybridized carbons (Fsp3) is 0.273. The molecule has 0 fully saturated rings. The molecule has 5 nitrogen and oxygen atoms in total. The number of nitrogens with zero attached hydrogens (tertiary/aromatic N) is 4. The normalized spacial score (nSPS) is 12.6. The average Bonchev–Trinajstić information content (AvgIpc) is 3.20. The first-order chi connectivity index (χ1) is 13.0. The van der Waals surface area contributed by atoms with Crippen molar-refractivity contribution in [2.75, 3.05) is 0 Å². The lowest BCUT2D eigenvalue weighted by atomic mass is 10.1. The van der Waals surface area contributed by atoms with Crippen molar-refractivity contribution in [2.45, 2.75) is 33.4 Å². The molecule has 5 heteroatoms. The molecule has 1 atom stereocenters. The summed E-state index contributed by atoms with van der Waals surface area (Å²) in [6, 6.07) is 15.0. The highest BCUT2D eigenvalue weighted by molar-refractivity contribution is 5.90. The quantitative estimate of drug-likeness (QED) is 0.580. The van der Waals surface area contributed by atoms with Gasteiger partial charge in [0.25, 0.3) is 0 Å². The molecule has 0 saturated carbocycles. The van der Waals surface area contributed by atoms with Crippen LogP contribution in [-0.2, 0) is 13.6 Å². The Hall–Kier alpha value is -2.92. The Morgan fingerprint density at radius 1 is 1.07 bits per heavy atom. The Balaban J connectivity index is 1.61. The van der Waals surface area contributed by atoms with Crippen LogP contribution in [0.4, 0.5) is 0 Å². The maximum Gasteiger partial charge on any atom is 0.0727 e. The highest BCUT2D eigenvalue weighted by atomic mass is 15.3. The predicted octanol–water partition coefficient (Wildman–Crippen LogP) is 4.23. The summed E-state index contributed by atoms with van der Waals surface area (Å²) in [5.41, 5.74) is 5.79. The van der Waals surface area contributed by atoms with Gasteiger partial charge in [0, 0.05) is 48.0 Å². The van der Waals surface area contributed by atoms with Gasteiger partial charge in [0.1, 0.15) is 0 Å². The van der Waals surface area contributed by atoms with Gasteiger partial charge in [-0.25, -0.2) is 4.68 Å². The van der Waals surface area contributed by atoms with Crippen molar-refractivity contribution in [1.29, 1.82) is 0 Å². The Bertz CT molecular complexity index is 1080. The van der Waals surface area contributed by atoms with Crippen molar-refractivity contribution >= 4 is 10.8 Å².